The highest BCUT2D eigenvalue weighted by molar-refractivity contribution is 7.98. The second-order valence-electron chi connectivity index (χ2n) is 3.13. The van der Waals surface area contributed by atoms with Crippen LogP contribution in [0.5, 0.6) is 0 Å². The van der Waals surface area contributed by atoms with Crippen LogP contribution in [0.4, 0.5) is 0 Å². The minimum Gasteiger partial charge on any atom is -0.262 e. The lowest BCUT2D eigenvalue weighted by atomic mass is 10.2. The number of hydrogen-bond acceptors (Lipinski definition) is 4. The van der Waals surface area contributed by atoms with E-state index in [1.807, 2.05) is 43.5 Å². The maximum absolute atomic E-state index is 8.91. The molecule has 3 nitrogen and oxygen atoms in total. The SMILES string of the molecule is C=N/C(=C\C=C/C)c1cc(SC)cc(C#N)n1. The highest BCUT2D eigenvalue weighted by Crippen LogP contribution is 2.21. The lowest BCUT2D eigenvalue weighted by Crippen LogP contribution is -1.92. The number of aromatic nitrogens is 1. The van der Waals surface area contributed by atoms with Crippen LogP contribution in [0.1, 0.15) is 18.3 Å². The first-order chi connectivity index (χ1) is 8.24. The molecule has 0 saturated heterocycles. The summed E-state index contributed by atoms with van der Waals surface area (Å²) in [6.45, 7) is 5.44. The molecule has 0 fully saturated rings. The molecule has 1 heterocycles. The zero-order valence-corrected chi connectivity index (χ0v) is 10.7. The smallest absolute Gasteiger partial charge is 0.142 e. The van der Waals surface area contributed by atoms with Gasteiger partial charge < -0.3 is 0 Å². The number of rotatable bonds is 4. The molecule has 1 aromatic rings. The van der Waals surface area contributed by atoms with Crippen molar-refractivity contribution in [2.75, 3.05) is 6.26 Å². The molecule has 0 aliphatic carbocycles. The molecule has 1 aromatic heterocycles. The Kier molecular flexibility index (Phi) is 5.18. The number of aliphatic imine (C=N–C) groups is 1. The molecule has 0 aliphatic rings. The van der Waals surface area contributed by atoms with Gasteiger partial charge in [-0.15, -0.1) is 11.8 Å². The van der Waals surface area contributed by atoms with Crippen LogP contribution in [-0.2, 0) is 0 Å². The summed E-state index contributed by atoms with van der Waals surface area (Å²) in [6, 6.07) is 5.70. The summed E-state index contributed by atoms with van der Waals surface area (Å²) >= 11 is 1.57. The molecule has 0 bridgehead atoms. The quantitative estimate of drug-likeness (QED) is 0.463. The van der Waals surface area contributed by atoms with E-state index in [0.29, 0.717) is 17.1 Å². The van der Waals surface area contributed by atoms with Crippen LogP contribution in [0.3, 0.4) is 0 Å². The third-order valence-electron chi connectivity index (χ3n) is 2.03. The largest absolute Gasteiger partial charge is 0.262 e. The second-order valence-corrected chi connectivity index (χ2v) is 4.00. The normalized spacial score (nSPS) is 11.5. The van der Waals surface area contributed by atoms with Crippen LogP contribution in [-0.4, -0.2) is 18.0 Å². The summed E-state index contributed by atoms with van der Waals surface area (Å²) in [6.07, 6.45) is 7.54. The fraction of sp³-hybridized carbons (Fsp3) is 0.154. The molecule has 0 aromatic carbocycles. The first-order valence-electron chi connectivity index (χ1n) is 5.01. The van der Waals surface area contributed by atoms with Gasteiger partial charge in [-0.1, -0.05) is 12.2 Å². The highest BCUT2D eigenvalue weighted by atomic mass is 32.2. The van der Waals surface area contributed by atoms with Gasteiger partial charge in [0.15, 0.2) is 0 Å². The summed E-state index contributed by atoms with van der Waals surface area (Å²) in [5.74, 6) is 0. The molecule has 0 saturated carbocycles. The Labute approximate surface area is 106 Å². The minimum absolute atomic E-state index is 0.391. The first-order valence-corrected chi connectivity index (χ1v) is 6.24. The van der Waals surface area contributed by atoms with Gasteiger partial charge in [-0.25, -0.2) is 4.98 Å². The molecule has 0 atom stereocenters. The van der Waals surface area contributed by atoms with Crippen molar-refractivity contribution in [1.82, 2.24) is 4.98 Å². The topological polar surface area (TPSA) is 49.0 Å². The highest BCUT2D eigenvalue weighted by Gasteiger charge is 2.05. The van der Waals surface area contributed by atoms with Crippen molar-refractivity contribution < 1.29 is 0 Å². The van der Waals surface area contributed by atoms with Crippen LogP contribution >= 0.6 is 11.8 Å². The molecule has 1 rings (SSSR count). The van der Waals surface area contributed by atoms with Crippen molar-refractivity contribution in [3.8, 4) is 6.07 Å². The Morgan fingerprint density at radius 3 is 2.88 bits per heavy atom. The van der Waals surface area contributed by atoms with E-state index >= 15 is 0 Å². The molecule has 0 spiro atoms. The minimum atomic E-state index is 0.391. The van der Waals surface area contributed by atoms with Gasteiger partial charge in [-0.05, 0) is 38.1 Å². The maximum atomic E-state index is 8.91. The van der Waals surface area contributed by atoms with E-state index in [1.165, 1.54) is 0 Å². The van der Waals surface area contributed by atoms with Crippen LogP contribution in [0.25, 0.3) is 5.70 Å². The number of allylic oxidation sites excluding steroid dienone is 3. The van der Waals surface area contributed by atoms with Gasteiger partial charge in [-0.3, -0.25) is 4.99 Å². The van der Waals surface area contributed by atoms with Crippen LogP contribution in [0.2, 0.25) is 0 Å². The molecule has 0 N–H and O–H groups in total. The van der Waals surface area contributed by atoms with Gasteiger partial charge in [0.05, 0.1) is 11.4 Å². The summed E-state index contributed by atoms with van der Waals surface area (Å²) in [5.41, 5.74) is 1.72. The monoisotopic (exact) mass is 243 g/mol. The molecular weight excluding hydrogens is 230 g/mol. The molecule has 0 aliphatic heterocycles. The van der Waals surface area contributed by atoms with Crippen molar-refractivity contribution in [1.29, 1.82) is 5.26 Å². The molecule has 0 radical (unpaired) electrons. The van der Waals surface area contributed by atoms with Crippen molar-refractivity contribution >= 4 is 24.2 Å². The summed E-state index contributed by atoms with van der Waals surface area (Å²) in [4.78, 5) is 9.13. The maximum Gasteiger partial charge on any atom is 0.142 e. The molecule has 0 amide bonds. The number of nitrogens with zero attached hydrogens (tertiary/aromatic N) is 3. The summed E-state index contributed by atoms with van der Waals surface area (Å²) in [7, 11) is 0. The fourth-order valence-corrected chi connectivity index (χ4v) is 1.68. The Morgan fingerprint density at radius 1 is 1.59 bits per heavy atom. The Morgan fingerprint density at radius 2 is 2.35 bits per heavy atom. The average molecular weight is 243 g/mol. The molecule has 86 valence electrons. The second kappa shape index (κ2) is 6.66. The lowest BCUT2D eigenvalue weighted by Gasteiger charge is -2.03. The first kappa shape index (κ1) is 13.2. The number of hydrogen-bond donors (Lipinski definition) is 0. The third-order valence-corrected chi connectivity index (χ3v) is 2.74. The van der Waals surface area contributed by atoms with Crippen LogP contribution in [0, 0.1) is 11.3 Å². The number of pyridine rings is 1. The predicted molar refractivity (Wildman–Crippen MR) is 73.1 cm³/mol. The van der Waals surface area contributed by atoms with Gasteiger partial charge in [0, 0.05) is 4.90 Å². The van der Waals surface area contributed by atoms with E-state index in [0.717, 1.165) is 4.90 Å². The van der Waals surface area contributed by atoms with E-state index in [9.17, 15) is 0 Å². The van der Waals surface area contributed by atoms with Crippen molar-refractivity contribution in [3.05, 3.63) is 41.7 Å². The Bertz CT molecular complexity index is 510. The van der Waals surface area contributed by atoms with Crippen LogP contribution < -0.4 is 0 Å². The molecular formula is C13H13N3S. The average Bonchev–Trinajstić information content (AvgIpc) is 2.39. The predicted octanol–water partition coefficient (Wildman–Crippen LogP) is 3.29. The summed E-state index contributed by atoms with van der Waals surface area (Å²) in [5, 5.41) is 8.91. The number of thioether (sulfide) groups is 1. The standard InChI is InChI=1S/C13H13N3S/c1-4-5-6-12(15-2)13-8-11(17-3)7-10(9-14)16-13/h4-8H,2H2,1,3H3/b5-4-,12-6-. The van der Waals surface area contributed by atoms with Gasteiger partial charge >= 0.3 is 0 Å². The zero-order chi connectivity index (χ0) is 12.7. The van der Waals surface area contributed by atoms with Crippen molar-refractivity contribution in [2.45, 2.75) is 11.8 Å². The fourth-order valence-electron chi connectivity index (χ4n) is 1.22. The van der Waals surface area contributed by atoms with E-state index in [2.05, 4.69) is 16.7 Å². The molecule has 0 unspecified atom stereocenters. The number of nitriles is 1. The van der Waals surface area contributed by atoms with Gasteiger partial charge in [0.25, 0.3) is 0 Å². The molecule has 4 heteroatoms. The van der Waals surface area contributed by atoms with E-state index in [1.54, 1.807) is 17.8 Å². The summed E-state index contributed by atoms with van der Waals surface area (Å²) < 4.78 is 0. The van der Waals surface area contributed by atoms with Gasteiger partial charge in [-0.2, -0.15) is 5.26 Å². The van der Waals surface area contributed by atoms with E-state index in [4.69, 9.17) is 5.26 Å². The van der Waals surface area contributed by atoms with Crippen LogP contribution in [0.15, 0.2) is 40.2 Å². The van der Waals surface area contributed by atoms with Crippen molar-refractivity contribution in [3.63, 3.8) is 0 Å². The molecule has 17 heavy (non-hydrogen) atoms. The van der Waals surface area contributed by atoms with E-state index in [-0.39, 0.29) is 0 Å². The zero-order valence-electron chi connectivity index (χ0n) is 9.84. The Balaban J connectivity index is 3.29. The van der Waals surface area contributed by atoms with E-state index < -0.39 is 0 Å². The van der Waals surface area contributed by atoms with Gasteiger partial charge in [0.2, 0.25) is 0 Å². The Hall–Kier alpha value is -1.86. The lowest BCUT2D eigenvalue weighted by molar-refractivity contribution is 1.17. The van der Waals surface area contributed by atoms with Gasteiger partial charge in [0.1, 0.15) is 11.8 Å². The third kappa shape index (κ3) is 3.58. The van der Waals surface area contributed by atoms with Crippen molar-refractivity contribution in [2.24, 2.45) is 4.99 Å².